The summed E-state index contributed by atoms with van der Waals surface area (Å²) in [6.45, 7) is 9.54. The molecule has 2 rings (SSSR count). The third-order valence-electron chi connectivity index (χ3n) is 4.45. The van der Waals surface area contributed by atoms with Gasteiger partial charge < -0.3 is 14.8 Å². The minimum atomic E-state index is -0.0104. The van der Waals surface area contributed by atoms with Crippen molar-refractivity contribution in [3.8, 4) is 0 Å². The molecule has 0 aromatic carbocycles. The fraction of sp³-hybridized carbons (Fsp3) is 0.765. The maximum absolute atomic E-state index is 12.3. The van der Waals surface area contributed by atoms with Gasteiger partial charge in [0, 0.05) is 26.2 Å². The maximum atomic E-state index is 12.3. The lowest BCUT2D eigenvalue weighted by Gasteiger charge is -2.37. The summed E-state index contributed by atoms with van der Waals surface area (Å²) in [6, 6.07) is 0.615. The molecule has 0 saturated carbocycles. The first-order chi connectivity index (χ1) is 10.5. The van der Waals surface area contributed by atoms with Gasteiger partial charge in [-0.25, -0.2) is 4.98 Å². The van der Waals surface area contributed by atoms with Crippen molar-refractivity contribution in [2.45, 2.75) is 52.5 Å². The predicted molar refractivity (Wildman–Crippen MR) is 88.9 cm³/mol. The lowest BCUT2D eigenvalue weighted by molar-refractivity contribution is 0.0925. The first-order valence-electron chi connectivity index (χ1n) is 8.49. The van der Waals surface area contributed by atoms with E-state index in [9.17, 15) is 4.79 Å². The smallest absolute Gasteiger partial charge is 0.269 e. The van der Waals surface area contributed by atoms with Crippen molar-refractivity contribution in [1.82, 2.24) is 19.8 Å². The second kappa shape index (κ2) is 7.77. The van der Waals surface area contributed by atoms with Crippen molar-refractivity contribution in [2.24, 2.45) is 13.0 Å². The van der Waals surface area contributed by atoms with Gasteiger partial charge in [-0.15, -0.1) is 0 Å². The van der Waals surface area contributed by atoms with E-state index in [1.807, 2.05) is 14.0 Å². The van der Waals surface area contributed by atoms with Crippen LogP contribution in [0, 0.1) is 12.8 Å². The molecular weight excluding hydrogens is 276 g/mol. The summed E-state index contributed by atoms with van der Waals surface area (Å²) in [4.78, 5) is 19.0. The first-order valence-corrected chi connectivity index (χ1v) is 8.49. The van der Waals surface area contributed by atoms with Crippen LogP contribution in [0.2, 0.25) is 0 Å². The number of likely N-dealkylation sites (tertiary alicyclic amines) is 1. The van der Waals surface area contributed by atoms with E-state index in [0.29, 0.717) is 17.7 Å². The van der Waals surface area contributed by atoms with Crippen LogP contribution >= 0.6 is 0 Å². The molecular formula is C17H30N4O. The zero-order valence-corrected chi connectivity index (χ0v) is 14.4. The molecule has 1 aromatic rings. The fourth-order valence-corrected chi connectivity index (χ4v) is 3.40. The van der Waals surface area contributed by atoms with Crippen LogP contribution in [0.25, 0.3) is 0 Å². The Hall–Kier alpha value is -1.36. The van der Waals surface area contributed by atoms with Gasteiger partial charge in [0.15, 0.2) is 0 Å². The van der Waals surface area contributed by atoms with Crippen molar-refractivity contribution in [2.75, 3.05) is 19.6 Å². The number of nitrogens with one attached hydrogen (secondary N) is 1. The molecule has 0 radical (unpaired) electrons. The highest BCUT2D eigenvalue weighted by molar-refractivity contribution is 5.93. The number of aryl methyl sites for hydroxylation is 2. The Bertz CT molecular complexity index is 475. The largest absolute Gasteiger partial charge is 0.351 e. The third-order valence-corrected chi connectivity index (χ3v) is 4.45. The van der Waals surface area contributed by atoms with E-state index in [1.165, 1.54) is 32.4 Å². The summed E-state index contributed by atoms with van der Waals surface area (Å²) >= 11 is 0. The lowest BCUT2D eigenvalue weighted by Crippen LogP contribution is -2.43. The van der Waals surface area contributed by atoms with Crippen LogP contribution in [0.15, 0.2) is 6.33 Å². The van der Waals surface area contributed by atoms with E-state index < -0.39 is 0 Å². The number of rotatable bonds is 6. The molecule has 1 fully saturated rings. The standard InChI is InChI=1S/C17H30N4O/c1-13(2)11-21-10-6-5-7-15(21)8-9-18-17(22)16-14(3)19-12-20(16)4/h12-13,15H,5-11H2,1-4H3,(H,18,22). The van der Waals surface area contributed by atoms with Crippen LogP contribution in [0.1, 0.15) is 55.7 Å². The van der Waals surface area contributed by atoms with Gasteiger partial charge in [-0.3, -0.25) is 4.79 Å². The van der Waals surface area contributed by atoms with E-state index in [2.05, 4.69) is 29.0 Å². The van der Waals surface area contributed by atoms with Crippen LogP contribution in [-0.2, 0) is 7.05 Å². The van der Waals surface area contributed by atoms with Crippen LogP contribution in [0.4, 0.5) is 0 Å². The Morgan fingerprint density at radius 3 is 2.86 bits per heavy atom. The van der Waals surface area contributed by atoms with Gasteiger partial charge in [0.2, 0.25) is 0 Å². The molecule has 1 amide bonds. The number of hydrogen-bond donors (Lipinski definition) is 1. The normalized spacial score (nSPS) is 19.6. The molecule has 0 bridgehead atoms. The van der Waals surface area contributed by atoms with Gasteiger partial charge in [0.1, 0.15) is 5.69 Å². The Morgan fingerprint density at radius 2 is 2.23 bits per heavy atom. The number of nitrogens with zero attached hydrogens (tertiary/aromatic N) is 3. The van der Waals surface area contributed by atoms with Gasteiger partial charge >= 0.3 is 0 Å². The number of carbonyl (C=O) groups is 1. The van der Waals surface area contributed by atoms with Crippen LogP contribution in [0.5, 0.6) is 0 Å². The molecule has 2 heterocycles. The Kier molecular flexibility index (Phi) is 6.00. The highest BCUT2D eigenvalue weighted by Gasteiger charge is 2.23. The van der Waals surface area contributed by atoms with Crippen molar-refractivity contribution >= 4 is 5.91 Å². The van der Waals surface area contributed by atoms with Crippen molar-refractivity contribution < 1.29 is 4.79 Å². The van der Waals surface area contributed by atoms with E-state index in [1.54, 1.807) is 10.9 Å². The van der Waals surface area contributed by atoms with Crippen molar-refractivity contribution in [1.29, 1.82) is 0 Å². The fourth-order valence-electron chi connectivity index (χ4n) is 3.40. The molecule has 1 unspecified atom stereocenters. The summed E-state index contributed by atoms with van der Waals surface area (Å²) in [7, 11) is 1.86. The summed E-state index contributed by atoms with van der Waals surface area (Å²) in [5.41, 5.74) is 1.46. The quantitative estimate of drug-likeness (QED) is 0.878. The average Bonchev–Trinajstić information content (AvgIpc) is 2.79. The molecule has 0 spiro atoms. The van der Waals surface area contributed by atoms with E-state index >= 15 is 0 Å². The highest BCUT2D eigenvalue weighted by Crippen LogP contribution is 2.20. The topological polar surface area (TPSA) is 50.2 Å². The van der Waals surface area contributed by atoms with E-state index in [-0.39, 0.29) is 5.91 Å². The van der Waals surface area contributed by atoms with Gasteiger partial charge in [0.05, 0.1) is 12.0 Å². The van der Waals surface area contributed by atoms with Gasteiger partial charge in [-0.05, 0) is 38.6 Å². The summed E-state index contributed by atoms with van der Waals surface area (Å²) in [5, 5.41) is 3.06. The molecule has 1 aliphatic heterocycles. The molecule has 124 valence electrons. The van der Waals surface area contributed by atoms with Gasteiger partial charge in [0.25, 0.3) is 5.91 Å². The molecule has 0 aliphatic carbocycles. The number of carbonyl (C=O) groups excluding carboxylic acids is 1. The Balaban J connectivity index is 1.83. The monoisotopic (exact) mass is 306 g/mol. The SMILES string of the molecule is Cc1ncn(C)c1C(=O)NCCC1CCCCN1CC(C)C. The lowest BCUT2D eigenvalue weighted by atomic mass is 9.98. The van der Waals surface area contributed by atoms with Crippen molar-refractivity contribution in [3.05, 3.63) is 17.7 Å². The third kappa shape index (κ3) is 4.32. The summed E-state index contributed by atoms with van der Waals surface area (Å²) < 4.78 is 1.79. The number of amides is 1. The first kappa shape index (κ1) is 17.0. The second-order valence-corrected chi connectivity index (χ2v) is 6.87. The Morgan fingerprint density at radius 1 is 1.45 bits per heavy atom. The van der Waals surface area contributed by atoms with Crippen molar-refractivity contribution in [3.63, 3.8) is 0 Å². The molecule has 1 aliphatic rings. The minimum absolute atomic E-state index is 0.0104. The molecule has 5 heteroatoms. The zero-order valence-electron chi connectivity index (χ0n) is 14.4. The molecule has 22 heavy (non-hydrogen) atoms. The molecule has 1 atom stereocenters. The second-order valence-electron chi connectivity index (χ2n) is 6.87. The average molecular weight is 306 g/mol. The molecule has 1 aromatic heterocycles. The van der Waals surface area contributed by atoms with Crippen LogP contribution in [0.3, 0.4) is 0 Å². The van der Waals surface area contributed by atoms with Crippen LogP contribution < -0.4 is 5.32 Å². The molecule has 1 saturated heterocycles. The minimum Gasteiger partial charge on any atom is -0.351 e. The molecule has 1 N–H and O–H groups in total. The van der Waals surface area contributed by atoms with E-state index in [4.69, 9.17) is 0 Å². The summed E-state index contributed by atoms with van der Waals surface area (Å²) in [6.07, 6.45) is 6.61. The maximum Gasteiger partial charge on any atom is 0.269 e. The predicted octanol–water partition coefficient (Wildman–Crippen LogP) is 2.36. The number of imidazole rings is 1. The number of piperidine rings is 1. The van der Waals surface area contributed by atoms with Gasteiger partial charge in [-0.2, -0.15) is 0 Å². The summed E-state index contributed by atoms with van der Waals surface area (Å²) in [5.74, 6) is 0.691. The molecule has 5 nitrogen and oxygen atoms in total. The van der Waals surface area contributed by atoms with E-state index in [0.717, 1.165) is 18.7 Å². The number of aromatic nitrogens is 2. The zero-order chi connectivity index (χ0) is 16.1. The van der Waals surface area contributed by atoms with Gasteiger partial charge in [-0.1, -0.05) is 20.3 Å². The highest BCUT2D eigenvalue weighted by atomic mass is 16.1. The van der Waals surface area contributed by atoms with Crippen LogP contribution in [-0.4, -0.2) is 46.0 Å². The Labute approximate surface area is 134 Å². The number of hydrogen-bond acceptors (Lipinski definition) is 3.